The van der Waals surface area contributed by atoms with Crippen LogP contribution < -0.4 is 10.2 Å². The number of hydrogen-bond acceptors (Lipinski definition) is 4. The monoisotopic (exact) mass is 254 g/mol. The fraction of sp³-hybridized carbons (Fsp3) is 0.692. The highest BCUT2D eigenvalue weighted by Gasteiger charge is 2.26. The van der Waals surface area contributed by atoms with Crippen LogP contribution in [-0.2, 0) is 0 Å². The van der Waals surface area contributed by atoms with Gasteiger partial charge in [0.25, 0.3) is 0 Å². The zero-order valence-electron chi connectivity index (χ0n) is 10.4. The Hall–Kier alpha value is -0.580. The van der Waals surface area contributed by atoms with Gasteiger partial charge in [-0.05, 0) is 23.8 Å². The first-order valence-corrected chi connectivity index (χ1v) is 7.39. The molecule has 1 aromatic rings. The molecule has 1 saturated heterocycles. The van der Waals surface area contributed by atoms with Gasteiger partial charge in [-0.25, -0.2) is 0 Å². The maximum atomic E-state index is 8.90. The van der Waals surface area contributed by atoms with Crippen LogP contribution in [0.15, 0.2) is 16.8 Å². The van der Waals surface area contributed by atoms with Crippen molar-refractivity contribution in [2.75, 3.05) is 31.1 Å². The molecule has 0 aromatic carbocycles. The van der Waals surface area contributed by atoms with Gasteiger partial charge in [-0.2, -0.15) is 11.3 Å². The Labute approximate surface area is 107 Å². The van der Waals surface area contributed by atoms with Gasteiger partial charge >= 0.3 is 0 Å². The summed E-state index contributed by atoms with van der Waals surface area (Å²) in [7, 11) is 0. The summed E-state index contributed by atoms with van der Waals surface area (Å²) in [5, 5.41) is 16.7. The van der Waals surface area contributed by atoms with Crippen molar-refractivity contribution in [3.63, 3.8) is 0 Å². The summed E-state index contributed by atoms with van der Waals surface area (Å²) in [6, 6.07) is 2.71. The minimum Gasteiger partial charge on any atom is -0.395 e. The molecule has 4 heteroatoms. The van der Waals surface area contributed by atoms with Gasteiger partial charge in [-0.15, -0.1) is 0 Å². The molecule has 2 heterocycles. The highest BCUT2D eigenvalue weighted by molar-refractivity contribution is 7.08. The summed E-state index contributed by atoms with van der Waals surface area (Å²) in [4.78, 5) is 2.48. The number of anilines is 1. The number of rotatable bonds is 5. The fourth-order valence-electron chi connectivity index (χ4n) is 2.56. The van der Waals surface area contributed by atoms with Gasteiger partial charge in [0.15, 0.2) is 0 Å². The molecule has 1 aromatic heterocycles. The molecule has 2 atom stereocenters. The topological polar surface area (TPSA) is 35.5 Å². The minimum absolute atomic E-state index is 0.228. The Balaban J connectivity index is 1.97. The number of hydrogen-bond donors (Lipinski definition) is 2. The van der Waals surface area contributed by atoms with Crippen LogP contribution in [0.2, 0.25) is 0 Å². The lowest BCUT2D eigenvalue weighted by molar-refractivity contribution is 0.265. The predicted molar refractivity (Wildman–Crippen MR) is 73.8 cm³/mol. The van der Waals surface area contributed by atoms with Crippen LogP contribution in [0, 0.1) is 5.92 Å². The Kier molecular flexibility index (Phi) is 4.83. The highest BCUT2D eigenvalue weighted by Crippen LogP contribution is 2.26. The van der Waals surface area contributed by atoms with Crippen LogP contribution in [0.5, 0.6) is 0 Å². The first-order chi connectivity index (χ1) is 8.33. The zero-order chi connectivity index (χ0) is 12.1. The van der Waals surface area contributed by atoms with E-state index in [1.165, 1.54) is 25.1 Å². The molecule has 0 amide bonds. The summed E-state index contributed by atoms with van der Waals surface area (Å²) in [5.74, 6) is 0.764. The second kappa shape index (κ2) is 6.38. The minimum atomic E-state index is 0.228. The number of aliphatic hydroxyl groups excluding tert-OH is 1. The van der Waals surface area contributed by atoms with Gasteiger partial charge in [0, 0.05) is 36.7 Å². The summed E-state index contributed by atoms with van der Waals surface area (Å²) < 4.78 is 0. The molecule has 0 aliphatic carbocycles. The molecule has 96 valence electrons. The molecule has 1 aliphatic rings. The zero-order valence-corrected chi connectivity index (χ0v) is 11.2. The number of nitrogens with one attached hydrogen (secondary N) is 1. The van der Waals surface area contributed by atoms with Crippen LogP contribution in [-0.4, -0.2) is 37.4 Å². The van der Waals surface area contributed by atoms with E-state index in [9.17, 15) is 0 Å². The van der Waals surface area contributed by atoms with E-state index in [1.807, 2.05) is 0 Å². The summed E-state index contributed by atoms with van der Waals surface area (Å²) in [5.41, 5.74) is 1.35. The molecule has 2 N–H and O–H groups in total. The second-order valence-corrected chi connectivity index (χ2v) is 5.55. The quantitative estimate of drug-likeness (QED) is 0.843. The SMILES string of the molecule is CCC1CC(NCCO)CN(c2ccsc2)C1. The van der Waals surface area contributed by atoms with E-state index < -0.39 is 0 Å². The molecule has 0 spiro atoms. The second-order valence-electron chi connectivity index (χ2n) is 4.77. The number of piperidine rings is 1. The summed E-state index contributed by atoms with van der Waals surface area (Å²) in [6.45, 7) is 5.44. The van der Waals surface area contributed by atoms with Crippen molar-refractivity contribution < 1.29 is 5.11 Å². The van der Waals surface area contributed by atoms with E-state index in [0.717, 1.165) is 12.5 Å². The van der Waals surface area contributed by atoms with Crippen LogP contribution in [0.3, 0.4) is 0 Å². The average Bonchev–Trinajstić information content (AvgIpc) is 2.89. The molecule has 0 radical (unpaired) electrons. The lowest BCUT2D eigenvalue weighted by Crippen LogP contribution is -2.49. The summed E-state index contributed by atoms with van der Waals surface area (Å²) in [6.07, 6.45) is 2.47. The van der Waals surface area contributed by atoms with E-state index in [2.05, 4.69) is 34.0 Å². The van der Waals surface area contributed by atoms with E-state index in [-0.39, 0.29) is 6.61 Å². The first-order valence-electron chi connectivity index (χ1n) is 6.44. The third kappa shape index (κ3) is 3.44. The van der Waals surface area contributed by atoms with Crippen molar-refractivity contribution in [2.45, 2.75) is 25.8 Å². The Morgan fingerprint density at radius 3 is 3.06 bits per heavy atom. The van der Waals surface area contributed by atoms with Crippen LogP contribution in [0.4, 0.5) is 5.69 Å². The van der Waals surface area contributed by atoms with Gasteiger partial charge in [-0.3, -0.25) is 0 Å². The third-order valence-electron chi connectivity index (χ3n) is 3.53. The van der Waals surface area contributed by atoms with Crippen molar-refractivity contribution in [3.8, 4) is 0 Å². The third-order valence-corrected chi connectivity index (χ3v) is 4.20. The van der Waals surface area contributed by atoms with Crippen molar-refractivity contribution in [3.05, 3.63) is 16.8 Å². The van der Waals surface area contributed by atoms with Crippen molar-refractivity contribution in [1.29, 1.82) is 0 Å². The fourth-order valence-corrected chi connectivity index (χ4v) is 3.23. The highest BCUT2D eigenvalue weighted by atomic mass is 32.1. The molecule has 0 saturated carbocycles. The van der Waals surface area contributed by atoms with Crippen LogP contribution in [0.25, 0.3) is 0 Å². The molecule has 2 unspecified atom stereocenters. The molecular formula is C13H22N2OS. The van der Waals surface area contributed by atoms with Gasteiger partial charge in [0.2, 0.25) is 0 Å². The molecule has 1 aliphatic heterocycles. The van der Waals surface area contributed by atoms with E-state index >= 15 is 0 Å². The molecule has 2 rings (SSSR count). The van der Waals surface area contributed by atoms with Gasteiger partial charge in [0.1, 0.15) is 0 Å². The van der Waals surface area contributed by atoms with E-state index in [4.69, 9.17) is 5.11 Å². The normalized spacial score (nSPS) is 25.2. The standard InChI is InChI=1S/C13H22N2OS/c1-2-11-7-12(14-4-5-16)9-15(8-11)13-3-6-17-10-13/h3,6,10-12,14,16H,2,4-5,7-9H2,1H3. The van der Waals surface area contributed by atoms with Crippen molar-refractivity contribution in [2.24, 2.45) is 5.92 Å². The van der Waals surface area contributed by atoms with Crippen molar-refractivity contribution >= 4 is 17.0 Å². The Morgan fingerprint density at radius 1 is 1.53 bits per heavy atom. The van der Waals surface area contributed by atoms with Crippen LogP contribution in [0.1, 0.15) is 19.8 Å². The molecule has 0 bridgehead atoms. The number of thiophene rings is 1. The maximum absolute atomic E-state index is 8.90. The molecule has 17 heavy (non-hydrogen) atoms. The maximum Gasteiger partial charge on any atom is 0.0556 e. The molecular weight excluding hydrogens is 232 g/mol. The first kappa shape index (κ1) is 12.9. The van der Waals surface area contributed by atoms with Crippen LogP contribution >= 0.6 is 11.3 Å². The van der Waals surface area contributed by atoms with Gasteiger partial charge in [-0.1, -0.05) is 13.3 Å². The number of aliphatic hydroxyl groups is 1. The van der Waals surface area contributed by atoms with E-state index in [0.29, 0.717) is 12.6 Å². The number of nitrogens with zero attached hydrogens (tertiary/aromatic N) is 1. The predicted octanol–water partition coefficient (Wildman–Crippen LogP) is 1.93. The molecule has 1 fully saturated rings. The van der Waals surface area contributed by atoms with Gasteiger partial charge in [0.05, 0.1) is 6.61 Å². The Bertz CT molecular complexity index is 315. The van der Waals surface area contributed by atoms with Gasteiger partial charge < -0.3 is 15.3 Å². The lowest BCUT2D eigenvalue weighted by Gasteiger charge is -2.39. The van der Waals surface area contributed by atoms with Crippen molar-refractivity contribution in [1.82, 2.24) is 5.32 Å². The average molecular weight is 254 g/mol. The smallest absolute Gasteiger partial charge is 0.0556 e. The lowest BCUT2D eigenvalue weighted by atomic mass is 9.92. The van der Waals surface area contributed by atoms with E-state index in [1.54, 1.807) is 11.3 Å². The molecule has 3 nitrogen and oxygen atoms in total. The Morgan fingerprint density at radius 2 is 2.41 bits per heavy atom. The summed E-state index contributed by atoms with van der Waals surface area (Å²) >= 11 is 1.76. The largest absolute Gasteiger partial charge is 0.395 e.